The number of hydrogen-bond acceptors (Lipinski definition) is 6. The average molecular weight is 527 g/mol. The monoisotopic (exact) mass is 526 g/mol. The predicted octanol–water partition coefficient (Wildman–Crippen LogP) is 4.79. The van der Waals surface area contributed by atoms with Gasteiger partial charge in [-0.3, -0.25) is 4.79 Å². The molecule has 3 heterocycles. The number of H-pyrrole nitrogens is 1. The van der Waals surface area contributed by atoms with Crippen molar-refractivity contribution in [3.8, 4) is 11.4 Å². The van der Waals surface area contributed by atoms with Crippen LogP contribution in [0.5, 0.6) is 0 Å². The van der Waals surface area contributed by atoms with Gasteiger partial charge in [-0.1, -0.05) is 60.7 Å². The summed E-state index contributed by atoms with van der Waals surface area (Å²) in [5.74, 6) is 1.35. The second kappa shape index (κ2) is 13.4. The average Bonchev–Trinajstić information content (AvgIpc) is 3.39. The van der Waals surface area contributed by atoms with Crippen molar-refractivity contribution in [3.63, 3.8) is 0 Å². The van der Waals surface area contributed by atoms with Gasteiger partial charge in [0.15, 0.2) is 5.82 Å². The molecule has 204 valence electrons. The van der Waals surface area contributed by atoms with E-state index in [1.807, 2.05) is 30.3 Å². The summed E-state index contributed by atoms with van der Waals surface area (Å²) in [5.41, 5.74) is 4.13. The molecule has 1 amide bonds. The van der Waals surface area contributed by atoms with Crippen LogP contribution in [0.1, 0.15) is 37.4 Å². The summed E-state index contributed by atoms with van der Waals surface area (Å²) in [7, 11) is 0. The number of ether oxygens (including phenoxy) is 1. The molecule has 0 saturated carbocycles. The zero-order valence-electron chi connectivity index (χ0n) is 22.7. The minimum absolute atomic E-state index is 0.0475. The van der Waals surface area contributed by atoms with Crippen LogP contribution in [0, 0.1) is 0 Å². The lowest BCUT2D eigenvalue weighted by Gasteiger charge is -2.31. The van der Waals surface area contributed by atoms with Crippen LogP contribution in [0.2, 0.25) is 0 Å². The van der Waals surface area contributed by atoms with E-state index in [4.69, 9.17) is 14.7 Å². The van der Waals surface area contributed by atoms with E-state index in [9.17, 15) is 4.79 Å². The fourth-order valence-electron chi connectivity index (χ4n) is 5.07. The second-order valence-electron chi connectivity index (χ2n) is 10.2. The molecule has 8 heteroatoms. The number of carbonyl (C=O) groups excluding carboxylic acids is 1. The first-order valence-corrected chi connectivity index (χ1v) is 14.0. The molecule has 1 aliphatic rings. The van der Waals surface area contributed by atoms with Gasteiger partial charge in [-0.15, -0.1) is 0 Å². The van der Waals surface area contributed by atoms with Gasteiger partial charge in [0, 0.05) is 44.4 Å². The lowest BCUT2D eigenvalue weighted by Crippen LogP contribution is -2.37. The maximum absolute atomic E-state index is 11.2. The van der Waals surface area contributed by atoms with Gasteiger partial charge in [0.05, 0.1) is 18.1 Å². The van der Waals surface area contributed by atoms with Crippen LogP contribution in [0.3, 0.4) is 0 Å². The molecular weight excluding hydrogens is 488 g/mol. The SMILES string of the molecule is CC(=O)NCCNc1nc(-c2ccccc2)nc2[nH]c(COC3CCN(CCCc4ccccc4)CC3)cc12. The van der Waals surface area contributed by atoms with Gasteiger partial charge in [-0.25, -0.2) is 9.97 Å². The Balaban J connectivity index is 1.17. The van der Waals surface area contributed by atoms with E-state index in [-0.39, 0.29) is 12.0 Å². The fraction of sp³-hybridized carbons (Fsp3) is 0.387. The van der Waals surface area contributed by atoms with E-state index in [2.05, 4.69) is 56.9 Å². The number of benzene rings is 2. The number of anilines is 1. The number of fused-ring (bicyclic) bond motifs is 1. The van der Waals surface area contributed by atoms with Crippen molar-refractivity contribution in [1.29, 1.82) is 0 Å². The standard InChI is InChI=1S/C31H38N6O2/c1-23(38)32-16-17-33-30-28-21-26(34-31(28)36-29(35-30)25-12-6-3-7-13-25)22-39-27-14-19-37(20-15-27)18-8-11-24-9-4-2-5-10-24/h2-7,9-10,12-13,21,27H,8,11,14-20,22H2,1H3,(H,32,38)(H2,33,34,35,36). The summed E-state index contributed by atoms with van der Waals surface area (Å²) in [6.45, 7) is 6.43. The number of likely N-dealkylation sites (tertiary alicyclic amines) is 1. The number of nitrogens with zero attached hydrogens (tertiary/aromatic N) is 3. The van der Waals surface area contributed by atoms with Crippen molar-refractivity contribution < 1.29 is 9.53 Å². The van der Waals surface area contributed by atoms with Crippen molar-refractivity contribution in [2.45, 2.75) is 45.3 Å². The van der Waals surface area contributed by atoms with E-state index in [1.54, 1.807) is 0 Å². The van der Waals surface area contributed by atoms with E-state index in [0.29, 0.717) is 25.5 Å². The van der Waals surface area contributed by atoms with Gasteiger partial charge in [0.25, 0.3) is 0 Å². The van der Waals surface area contributed by atoms with Gasteiger partial charge in [-0.05, 0) is 43.9 Å². The maximum Gasteiger partial charge on any atom is 0.216 e. The summed E-state index contributed by atoms with van der Waals surface area (Å²) in [6.07, 6.45) is 4.70. The molecule has 1 fully saturated rings. The number of aromatic nitrogens is 3. The summed E-state index contributed by atoms with van der Waals surface area (Å²) in [4.78, 5) is 26.9. The van der Waals surface area contributed by atoms with Gasteiger partial charge >= 0.3 is 0 Å². The van der Waals surface area contributed by atoms with Gasteiger partial charge in [0.1, 0.15) is 11.5 Å². The number of nitrogens with one attached hydrogen (secondary N) is 3. The van der Waals surface area contributed by atoms with Crippen LogP contribution in [0.15, 0.2) is 66.7 Å². The third-order valence-electron chi connectivity index (χ3n) is 7.16. The molecular formula is C31H38N6O2. The summed E-state index contributed by atoms with van der Waals surface area (Å²) in [6, 6.07) is 22.8. The molecule has 1 aliphatic heterocycles. The molecule has 1 saturated heterocycles. The number of carbonyl (C=O) groups is 1. The van der Waals surface area contributed by atoms with Crippen LogP contribution < -0.4 is 10.6 Å². The number of rotatable bonds is 12. The van der Waals surface area contributed by atoms with Crippen molar-refractivity contribution in [1.82, 2.24) is 25.2 Å². The molecule has 0 aliphatic carbocycles. The highest BCUT2D eigenvalue weighted by atomic mass is 16.5. The minimum atomic E-state index is -0.0475. The second-order valence-corrected chi connectivity index (χ2v) is 10.2. The van der Waals surface area contributed by atoms with E-state index < -0.39 is 0 Å². The Morgan fingerprint density at radius 3 is 2.51 bits per heavy atom. The van der Waals surface area contributed by atoms with Crippen molar-refractivity contribution in [2.24, 2.45) is 0 Å². The molecule has 0 spiro atoms. The van der Waals surface area contributed by atoms with Crippen LogP contribution >= 0.6 is 0 Å². The first-order valence-electron chi connectivity index (χ1n) is 14.0. The summed E-state index contributed by atoms with van der Waals surface area (Å²) < 4.78 is 6.33. The van der Waals surface area contributed by atoms with E-state index >= 15 is 0 Å². The van der Waals surface area contributed by atoms with Gasteiger partial charge in [-0.2, -0.15) is 0 Å². The Bertz CT molecular complexity index is 1330. The normalized spacial score (nSPS) is 14.5. The molecule has 4 aromatic rings. The van der Waals surface area contributed by atoms with Crippen LogP contribution in [0.25, 0.3) is 22.4 Å². The molecule has 3 N–H and O–H groups in total. The Labute approximate surface area is 230 Å². The quantitative estimate of drug-likeness (QED) is 0.230. The highest BCUT2D eigenvalue weighted by Crippen LogP contribution is 2.26. The van der Waals surface area contributed by atoms with Crippen LogP contribution in [-0.2, 0) is 22.6 Å². The molecule has 2 aromatic carbocycles. The number of amides is 1. The molecule has 0 bridgehead atoms. The Morgan fingerprint density at radius 1 is 1.03 bits per heavy atom. The fourth-order valence-corrected chi connectivity index (χ4v) is 5.07. The first kappa shape index (κ1) is 26.8. The Morgan fingerprint density at radius 2 is 1.77 bits per heavy atom. The molecule has 5 rings (SSSR count). The Kier molecular flexibility index (Phi) is 9.19. The van der Waals surface area contributed by atoms with Crippen LogP contribution in [0.4, 0.5) is 5.82 Å². The predicted molar refractivity (Wildman–Crippen MR) is 156 cm³/mol. The van der Waals surface area contributed by atoms with Crippen molar-refractivity contribution >= 4 is 22.8 Å². The van der Waals surface area contributed by atoms with Crippen molar-refractivity contribution in [3.05, 3.63) is 78.0 Å². The maximum atomic E-state index is 11.2. The van der Waals surface area contributed by atoms with Gasteiger partial charge < -0.3 is 25.3 Å². The molecule has 0 atom stereocenters. The third kappa shape index (κ3) is 7.65. The number of piperidine rings is 1. The molecule has 2 aromatic heterocycles. The molecule has 8 nitrogen and oxygen atoms in total. The Hall–Kier alpha value is -3.75. The summed E-state index contributed by atoms with van der Waals surface area (Å²) in [5, 5.41) is 7.11. The first-order chi connectivity index (χ1) is 19.1. The number of aromatic amines is 1. The van der Waals surface area contributed by atoms with Crippen LogP contribution in [-0.4, -0.2) is 64.6 Å². The smallest absolute Gasteiger partial charge is 0.216 e. The molecule has 39 heavy (non-hydrogen) atoms. The van der Waals surface area contributed by atoms with Crippen molar-refractivity contribution in [2.75, 3.05) is 38.0 Å². The number of aryl methyl sites for hydroxylation is 1. The molecule has 0 radical (unpaired) electrons. The summed E-state index contributed by atoms with van der Waals surface area (Å²) >= 11 is 0. The lowest BCUT2D eigenvalue weighted by atomic mass is 10.1. The zero-order chi connectivity index (χ0) is 26.9. The highest BCUT2D eigenvalue weighted by Gasteiger charge is 2.20. The van der Waals surface area contributed by atoms with E-state index in [0.717, 1.165) is 67.0 Å². The molecule has 0 unspecified atom stereocenters. The lowest BCUT2D eigenvalue weighted by molar-refractivity contribution is -0.118. The van der Waals surface area contributed by atoms with E-state index in [1.165, 1.54) is 18.9 Å². The largest absolute Gasteiger partial charge is 0.372 e. The topological polar surface area (TPSA) is 95.2 Å². The van der Waals surface area contributed by atoms with Gasteiger partial charge in [0.2, 0.25) is 5.91 Å². The zero-order valence-corrected chi connectivity index (χ0v) is 22.7. The minimum Gasteiger partial charge on any atom is -0.372 e. The third-order valence-corrected chi connectivity index (χ3v) is 7.16. The highest BCUT2D eigenvalue weighted by molar-refractivity contribution is 5.89. The number of hydrogen-bond donors (Lipinski definition) is 3.